The van der Waals surface area contributed by atoms with Gasteiger partial charge in [0.15, 0.2) is 0 Å². The largest absolute Gasteiger partial charge is 0.346 e. The fourth-order valence-electron chi connectivity index (χ4n) is 1.42. The van der Waals surface area contributed by atoms with Crippen molar-refractivity contribution in [2.45, 2.75) is 6.54 Å². The SMILES string of the molecule is O=C(NCc1cccc(Br)n1)c1ccc(F)cc1. The standard InChI is InChI=1S/C13H10BrFN2O/c14-12-3-1-2-11(17-12)8-16-13(18)9-4-6-10(15)7-5-9/h1-7H,8H2,(H,16,18). The lowest BCUT2D eigenvalue weighted by Crippen LogP contribution is -2.23. The van der Waals surface area contributed by atoms with Crippen LogP contribution < -0.4 is 5.32 Å². The molecule has 92 valence electrons. The molecular formula is C13H10BrFN2O. The van der Waals surface area contributed by atoms with Crippen LogP contribution in [0.15, 0.2) is 47.1 Å². The summed E-state index contributed by atoms with van der Waals surface area (Å²) >= 11 is 3.26. The summed E-state index contributed by atoms with van der Waals surface area (Å²) in [4.78, 5) is 15.9. The Hall–Kier alpha value is -1.75. The van der Waals surface area contributed by atoms with Gasteiger partial charge in [-0.15, -0.1) is 0 Å². The molecule has 0 aliphatic rings. The molecular weight excluding hydrogens is 299 g/mol. The molecule has 0 saturated heterocycles. The molecule has 1 heterocycles. The Morgan fingerprint density at radius 3 is 2.61 bits per heavy atom. The highest BCUT2D eigenvalue weighted by molar-refractivity contribution is 9.10. The van der Waals surface area contributed by atoms with E-state index in [1.54, 1.807) is 0 Å². The lowest BCUT2D eigenvalue weighted by molar-refractivity contribution is 0.0950. The molecule has 0 saturated carbocycles. The van der Waals surface area contributed by atoms with Gasteiger partial charge in [-0.3, -0.25) is 4.79 Å². The first-order chi connectivity index (χ1) is 8.65. The smallest absolute Gasteiger partial charge is 0.251 e. The highest BCUT2D eigenvalue weighted by atomic mass is 79.9. The van der Waals surface area contributed by atoms with Gasteiger partial charge in [0.2, 0.25) is 0 Å². The average Bonchev–Trinajstić information content (AvgIpc) is 2.37. The molecule has 2 rings (SSSR count). The summed E-state index contributed by atoms with van der Waals surface area (Å²) in [6.07, 6.45) is 0. The van der Waals surface area contributed by atoms with E-state index < -0.39 is 0 Å². The van der Waals surface area contributed by atoms with Crippen LogP contribution in [0, 0.1) is 5.82 Å². The Morgan fingerprint density at radius 1 is 1.22 bits per heavy atom. The van der Waals surface area contributed by atoms with Crippen molar-refractivity contribution in [2.75, 3.05) is 0 Å². The van der Waals surface area contributed by atoms with Gasteiger partial charge in [0.05, 0.1) is 12.2 Å². The van der Waals surface area contributed by atoms with Crippen LogP contribution in [0.4, 0.5) is 4.39 Å². The van der Waals surface area contributed by atoms with Crippen LogP contribution >= 0.6 is 15.9 Å². The van der Waals surface area contributed by atoms with Gasteiger partial charge in [-0.05, 0) is 52.3 Å². The normalized spacial score (nSPS) is 10.1. The minimum absolute atomic E-state index is 0.253. The van der Waals surface area contributed by atoms with Crippen molar-refractivity contribution in [3.05, 3.63) is 64.1 Å². The van der Waals surface area contributed by atoms with E-state index in [1.807, 2.05) is 18.2 Å². The Bertz CT molecular complexity index is 557. The molecule has 0 radical (unpaired) electrons. The summed E-state index contributed by atoms with van der Waals surface area (Å²) in [5.41, 5.74) is 1.17. The zero-order valence-electron chi connectivity index (χ0n) is 9.36. The van der Waals surface area contributed by atoms with Crippen LogP contribution in [0.1, 0.15) is 16.1 Å². The van der Waals surface area contributed by atoms with Crippen molar-refractivity contribution in [3.63, 3.8) is 0 Å². The summed E-state index contributed by atoms with van der Waals surface area (Å²) in [5, 5.41) is 2.72. The third kappa shape index (κ3) is 3.37. The maximum absolute atomic E-state index is 12.7. The second-order valence-electron chi connectivity index (χ2n) is 3.64. The van der Waals surface area contributed by atoms with Gasteiger partial charge < -0.3 is 5.32 Å². The molecule has 0 unspecified atom stereocenters. The summed E-state index contributed by atoms with van der Waals surface area (Å²) in [6, 6.07) is 10.9. The second kappa shape index (κ2) is 5.73. The lowest BCUT2D eigenvalue weighted by atomic mass is 10.2. The second-order valence-corrected chi connectivity index (χ2v) is 4.45. The van der Waals surface area contributed by atoms with E-state index >= 15 is 0 Å². The lowest BCUT2D eigenvalue weighted by Gasteiger charge is -2.05. The number of hydrogen-bond acceptors (Lipinski definition) is 2. The Kier molecular flexibility index (Phi) is 4.04. The van der Waals surface area contributed by atoms with Crippen LogP contribution in [0.2, 0.25) is 0 Å². The molecule has 18 heavy (non-hydrogen) atoms. The van der Waals surface area contributed by atoms with Crippen LogP contribution in [-0.4, -0.2) is 10.9 Å². The molecule has 0 spiro atoms. The monoisotopic (exact) mass is 308 g/mol. The van der Waals surface area contributed by atoms with Crippen molar-refractivity contribution in [1.82, 2.24) is 10.3 Å². The number of halogens is 2. The number of carbonyl (C=O) groups is 1. The quantitative estimate of drug-likeness (QED) is 0.886. The third-order valence-corrected chi connectivity index (χ3v) is 2.75. The number of amides is 1. The van der Waals surface area contributed by atoms with Gasteiger partial charge >= 0.3 is 0 Å². The molecule has 2 aromatic rings. The first kappa shape index (κ1) is 12.7. The first-order valence-electron chi connectivity index (χ1n) is 5.30. The van der Waals surface area contributed by atoms with Gasteiger partial charge in [0.25, 0.3) is 5.91 Å². The number of nitrogens with zero attached hydrogens (tertiary/aromatic N) is 1. The predicted octanol–water partition coefficient (Wildman–Crippen LogP) is 2.91. The average molecular weight is 309 g/mol. The summed E-state index contributed by atoms with van der Waals surface area (Å²) in [5.74, 6) is -0.614. The van der Waals surface area contributed by atoms with Gasteiger partial charge in [-0.2, -0.15) is 0 Å². The molecule has 3 nitrogen and oxygen atoms in total. The topological polar surface area (TPSA) is 42.0 Å². The molecule has 0 fully saturated rings. The first-order valence-corrected chi connectivity index (χ1v) is 6.09. The van der Waals surface area contributed by atoms with Crippen molar-refractivity contribution in [1.29, 1.82) is 0 Å². The van der Waals surface area contributed by atoms with Crippen LogP contribution in [-0.2, 0) is 6.54 Å². The fraction of sp³-hybridized carbons (Fsp3) is 0.0769. The van der Waals surface area contributed by atoms with Crippen molar-refractivity contribution >= 4 is 21.8 Å². The number of nitrogens with one attached hydrogen (secondary N) is 1. The molecule has 1 amide bonds. The molecule has 0 bridgehead atoms. The van der Waals surface area contributed by atoms with E-state index in [1.165, 1.54) is 24.3 Å². The summed E-state index contributed by atoms with van der Waals surface area (Å²) in [7, 11) is 0. The molecule has 0 aliphatic carbocycles. The molecule has 0 atom stereocenters. The highest BCUT2D eigenvalue weighted by Gasteiger charge is 2.05. The maximum Gasteiger partial charge on any atom is 0.251 e. The molecule has 5 heteroatoms. The van der Waals surface area contributed by atoms with Gasteiger partial charge in [-0.1, -0.05) is 6.07 Å². The van der Waals surface area contributed by atoms with Crippen LogP contribution in [0.3, 0.4) is 0 Å². The minimum atomic E-state index is -0.361. The maximum atomic E-state index is 12.7. The van der Waals surface area contributed by atoms with Gasteiger partial charge in [0, 0.05) is 5.56 Å². The number of aromatic nitrogens is 1. The van der Waals surface area contributed by atoms with Gasteiger partial charge in [-0.25, -0.2) is 9.37 Å². The predicted molar refractivity (Wildman–Crippen MR) is 69.5 cm³/mol. The van der Waals surface area contributed by atoms with E-state index in [0.717, 1.165) is 10.3 Å². The van der Waals surface area contributed by atoms with Crippen molar-refractivity contribution < 1.29 is 9.18 Å². The number of hydrogen-bond donors (Lipinski definition) is 1. The van der Waals surface area contributed by atoms with E-state index in [4.69, 9.17) is 0 Å². The zero-order chi connectivity index (χ0) is 13.0. The van der Waals surface area contributed by atoms with Crippen LogP contribution in [0.5, 0.6) is 0 Å². The zero-order valence-corrected chi connectivity index (χ0v) is 10.9. The third-order valence-electron chi connectivity index (χ3n) is 2.31. The summed E-state index contributed by atoms with van der Waals surface area (Å²) < 4.78 is 13.4. The molecule has 0 aliphatic heterocycles. The van der Waals surface area contributed by atoms with E-state index in [2.05, 4.69) is 26.2 Å². The van der Waals surface area contributed by atoms with Gasteiger partial charge in [0.1, 0.15) is 10.4 Å². The van der Waals surface area contributed by atoms with E-state index in [-0.39, 0.29) is 11.7 Å². The number of pyridine rings is 1. The molecule has 1 aromatic heterocycles. The Labute approximate surface area is 112 Å². The summed E-state index contributed by atoms with van der Waals surface area (Å²) in [6.45, 7) is 0.329. The van der Waals surface area contributed by atoms with Crippen molar-refractivity contribution in [3.8, 4) is 0 Å². The Balaban J connectivity index is 1.98. The van der Waals surface area contributed by atoms with E-state index in [0.29, 0.717) is 12.1 Å². The number of rotatable bonds is 3. The fourth-order valence-corrected chi connectivity index (χ4v) is 1.80. The van der Waals surface area contributed by atoms with Crippen molar-refractivity contribution in [2.24, 2.45) is 0 Å². The van der Waals surface area contributed by atoms with E-state index in [9.17, 15) is 9.18 Å². The number of carbonyl (C=O) groups excluding carboxylic acids is 1. The minimum Gasteiger partial charge on any atom is -0.346 e. The molecule has 1 N–H and O–H groups in total. The Morgan fingerprint density at radius 2 is 1.94 bits per heavy atom. The van der Waals surface area contributed by atoms with Crippen LogP contribution in [0.25, 0.3) is 0 Å². The molecule has 1 aromatic carbocycles. The highest BCUT2D eigenvalue weighted by Crippen LogP contribution is 2.07. The number of benzene rings is 1.